The van der Waals surface area contributed by atoms with Crippen LogP contribution in [0, 0.1) is 0 Å². The molecule has 3 aromatic rings. The first-order valence-corrected chi connectivity index (χ1v) is 9.12. The minimum Gasteiger partial charge on any atom is -1.00 e. The molecule has 0 spiro atoms. The van der Waals surface area contributed by atoms with Gasteiger partial charge in [-0.2, -0.15) is 0 Å². The van der Waals surface area contributed by atoms with Crippen LogP contribution >= 0.6 is 11.6 Å². The van der Waals surface area contributed by atoms with E-state index < -0.39 is 11.9 Å². The summed E-state index contributed by atoms with van der Waals surface area (Å²) in [6.45, 7) is 2.79. The Morgan fingerprint density at radius 1 is 1.27 bits per heavy atom. The lowest BCUT2D eigenvalue weighted by molar-refractivity contribution is -0.654. The number of esters is 1. The summed E-state index contributed by atoms with van der Waals surface area (Å²) in [5.41, 5.74) is 13.4. The quantitative estimate of drug-likeness (QED) is 0.188. The molecule has 0 saturated carbocycles. The number of fused-ring (bicyclic) bond motifs is 1. The summed E-state index contributed by atoms with van der Waals surface area (Å²) in [6.07, 6.45) is 0. The van der Waals surface area contributed by atoms with Gasteiger partial charge in [-0.3, -0.25) is 4.79 Å². The number of methoxy groups -OCH3 is 1. The number of ether oxygens (including phenoxy) is 1. The Morgan fingerprint density at radius 3 is 2.60 bits per heavy atom. The number of hydrogen-bond donors (Lipinski definition) is 3. The van der Waals surface area contributed by atoms with Crippen LogP contribution in [0.3, 0.4) is 0 Å². The van der Waals surface area contributed by atoms with Crippen LogP contribution in [0.5, 0.6) is 0 Å². The molecule has 160 valence electrons. The third kappa shape index (κ3) is 4.26. The van der Waals surface area contributed by atoms with E-state index in [1.165, 1.54) is 7.11 Å². The maximum Gasteiger partial charge on any atom is 0.338 e. The fourth-order valence-corrected chi connectivity index (χ4v) is 3.27. The lowest BCUT2D eigenvalue weighted by atomic mass is 10.2. The number of nitrogen functional groups attached to an aromatic ring is 2. The molecule has 0 atom stereocenters. The van der Waals surface area contributed by atoms with Crippen molar-refractivity contribution >= 4 is 46.1 Å². The summed E-state index contributed by atoms with van der Waals surface area (Å²) >= 11 is 5.85. The number of carbonyl (C=O) groups excluding carboxylic acids is 2. The summed E-state index contributed by atoms with van der Waals surface area (Å²) in [5.74, 6) is -0.277. The number of nitrogens with zero attached hydrogens (tertiary/aromatic N) is 4. The highest BCUT2D eigenvalue weighted by Crippen LogP contribution is 2.19. The maximum atomic E-state index is 12.5. The van der Waals surface area contributed by atoms with Gasteiger partial charge in [0.25, 0.3) is 11.7 Å². The van der Waals surface area contributed by atoms with Gasteiger partial charge in [-0.1, -0.05) is 11.6 Å². The molecular weight excluding hydrogens is 525 g/mol. The molecule has 0 radical (unpaired) electrons. The zero-order chi connectivity index (χ0) is 21.3. The lowest BCUT2D eigenvalue weighted by Gasteiger charge is -2.07. The largest absolute Gasteiger partial charge is 1.00 e. The topological polar surface area (TPSA) is 142 Å². The number of rotatable bonds is 5. The van der Waals surface area contributed by atoms with Crippen LogP contribution in [0.15, 0.2) is 18.2 Å². The second-order valence-corrected chi connectivity index (χ2v) is 6.59. The fourth-order valence-electron chi connectivity index (χ4n) is 3.15. The molecule has 5 N–H and O–H groups in total. The zero-order valence-electron chi connectivity index (χ0n) is 16.6. The molecule has 0 saturated heterocycles. The molecule has 12 heteroatoms. The summed E-state index contributed by atoms with van der Waals surface area (Å²) in [4.78, 5) is 32.1. The van der Waals surface area contributed by atoms with Gasteiger partial charge in [0.2, 0.25) is 0 Å². The molecule has 0 aliphatic heterocycles. The summed E-state index contributed by atoms with van der Waals surface area (Å²) in [5, 5.41) is 2.68. The molecule has 2 aromatic heterocycles. The van der Waals surface area contributed by atoms with Crippen molar-refractivity contribution in [1.29, 1.82) is 0 Å². The van der Waals surface area contributed by atoms with Gasteiger partial charge in [0, 0.05) is 6.07 Å². The van der Waals surface area contributed by atoms with E-state index in [1.54, 1.807) is 12.1 Å². The highest BCUT2D eigenvalue weighted by atomic mass is 127. The Balaban J connectivity index is 0.00000320. The summed E-state index contributed by atoms with van der Waals surface area (Å²) in [6, 6.07) is 5.30. The van der Waals surface area contributed by atoms with Crippen LogP contribution < -0.4 is 45.3 Å². The lowest BCUT2D eigenvalue weighted by Crippen LogP contribution is -3.00. The van der Waals surface area contributed by atoms with Crippen LogP contribution in [0.1, 0.15) is 33.6 Å². The van der Waals surface area contributed by atoms with Crippen molar-refractivity contribution in [3.63, 3.8) is 0 Å². The SMILES string of the molecule is CCn1c(CNC(=O)c2nc(Cl)c(N)nc2N)[n+](C)c2ccc(C(=O)OC)cc21.[I-]. The van der Waals surface area contributed by atoms with E-state index in [0.29, 0.717) is 12.1 Å². The first-order chi connectivity index (χ1) is 13.8. The molecule has 30 heavy (non-hydrogen) atoms. The number of anilines is 2. The number of nitrogens with one attached hydrogen (secondary N) is 1. The van der Waals surface area contributed by atoms with Gasteiger partial charge in [0.15, 0.2) is 33.5 Å². The van der Waals surface area contributed by atoms with Crippen LogP contribution in [0.25, 0.3) is 11.0 Å². The molecule has 10 nitrogen and oxygen atoms in total. The molecule has 0 aliphatic rings. The Hall–Kier alpha value is -2.67. The molecular formula is C18H21ClIN7O3. The molecule has 2 heterocycles. The normalized spacial score (nSPS) is 10.5. The van der Waals surface area contributed by atoms with E-state index in [-0.39, 0.29) is 53.0 Å². The van der Waals surface area contributed by atoms with Crippen LogP contribution in [-0.2, 0) is 24.9 Å². The van der Waals surface area contributed by atoms with Crippen molar-refractivity contribution in [1.82, 2.24) is 19.9 Å². The van der Waals surface area contributed by atoms with Crippen molar-refractivity contribution in [2.75, 3.05) is 18.6 Å². The van der Waals surface area contributed by atoms with E-state index in [4.69, 9.17) is 27.8 Å². The van der Waals surface area contributed by atoms with Gasteiger partial charge in [-0.25, -0.2) is 23.9 Å². The molecule has 1 aromatic carbocycles. The molecule has 1 amide bonds. The average molecular weight is 546 g/mol. The number of benzene rings is 1. The first kappa shape index (κ1) is 23.6. The number of aromatic nitrogens is 4. The second kappa shape index (κ2) is 9.43. The fraction of sp³-hybridized carbons (Fsp3) is 0.278. The summed E-state index contributed by atoms with van der Waals surface area (Å²) < 4.78 is 8.73. The summed E-state index contributed by atoms with van der Waals surface area (Å²) in [7, 11) is 3.21. The number of carbonyl (C=O) groups is 2. The van der Waals surface area contributed by atoms with Crippen molar-refractivity contribution in [3.8, 4) is 0 Å². The van der Waals surface area contributed by atoms with Crippen LogP contribution in [0.2, 0.25) is 5.15 Å². The van der Waals surface area contributed by atoms with Crippen molar-refractivity contribution in [2.24, 2.45) is 7.05 Å². The predicted molar refractivity (Wildman–Crippen MR) is 107 cm³/mol. The van der Waals surface area contributed by atoms with Crippen molar-refractivity contribution < 1.29 is 42.9 Å². The third-order valence-electron chi connectivity index (χ3n) is 4.59. The maximum absolute atomic E-state index is 12.5. The zero-order valence-corrected chi connectivity index (χ0v) is 19.5. The molecule has 0 bridgehead atoms. The van der Waals surface area contributed by atoms with Crippen molar-refractivity contribution in [3.05, 3.63) is 40.4 Å². The average Bonchev–Trinajstić information content (AvgIpc) is 2.98. The number of amides is 1. The Bertz CT molecular complexity index is 1130. The molecule has 3 rings (SSSR count). The highest BCUT2D eigenvalue weighted by molar-refractivity contribution is 6.31. The van der Waals surface area contributed by atoms with Gasteiger partial charge in [-0.15, -0.1) is 0 Å². The van der Waals surface area contributed by atoms with Gasteiger partial charge < -0.3 is 45.5 Å². The Morgan fingerprint density at radius 2 is 1.97 bits per heavy atom. The first-order valence-electron chi connectivity index (χ1n) is 8.74. The molecule has 0 fully saturated rings. The Kier molecular flexibility index (Phi) is 7.42. The minimum absolute atomic E-state index is 0. The van der Waals surface area contributed by atoms with E-state index in [0.717, 1.165) is 16.9 Å². The molecule has 0 aliphatic carbocycles. The number of halogens is 2. The highest BCUT2D eigenvalue weighted by Gasteiger charge is 2.24. The third-order valence-corrected chi connectivity index (χ3v) is 4.87. The van der Waals surface area contributed by atoms with E-state index in [9.17, 15) is 9.59 Å². The minimum atomic E-state index is -0.528. The van der Waals surface area contributed by atoms with Gasteiger partial charge >= 0.3 is 5.97 Å². The number of hydrogen-bond acceptors (Lipinski definition) is 7. The Labute approximate surface area is 194 Å². The monoisotopic (exact) mass is 545 g/mol. The van der Waals surface area contributed by atoms with Crippen LogP contribution in [-0.4, -0.2) is 33.5 Å². The van der Waals surface area contributed by atoms with Crippen molar-refractivity contribution in [2.45, 2.75) is 20.0 Å². The number of imidazole rings is 1. The number of aryl methyl sites for hydroxylation is 2. The number of nitrogens with two attached hydrogens (primary N) is 2. The van der Waals surface area contributed by atoms with E-state index in [2.05, 4.69) is 15.3 Å². The van der Waals surface area contributed by atoms with E-state index in [1.807, 2.05) is 29.2 Å². The standard InChI is InChI=1S/C18H20ClN7O3.HI/c1-4-26-11-7-9(18(28)29-3)5-6-10(11)25(2)12(26)8-22-17(27)13-15(20)24-16(21)14(19)23-13;/h5-7H,4,8H2,1-3H3,(H4-,20,21,22,24,27);1H. The smallest absolute Gasteiger partial charge is 0.338 e. The van der Waals surface area contributed by atoms with E-state index >= 15 is 0 Å². The van der Waals surface area contributed by atoms with Gasteiger partial charge in [-0.05, 0) is 19.1 Å². The second-order valence-electron chi connectivity index (χ2n) is 6.23. The van der Waals surface area contributed by atoms with Crippen LogP contribution in [0.4, 0.5) is 11.6 Å². The molecule has 0 unspecified atom stereocenters. The van der Waals surface area contributed by atoms with Gasteiger partial charge in [0.1, 0.15) is 6.54 Å². The predicted octanol–water partition coefficient (Wildman–Crippen LogP) is -2.19. The van der Waals surface area contributed by atoms with Gasteiger partial charge in [0.05, 0.1) is 26.3 Å².